The molecule has 2 N–H and O–H groups in total. The summed E-state index contributed by atoms with van der Waals surface area (Å²) in [4.78, 5) is 23.5. The number of amides is 1. The SMILES string of the molecule is CC(Oc1ccc(Cl)cc1Cl)C(=O)NC(=S)Nc1ccc2oc(=O)ccc2c1. The summed E-state index contributed by atoms with van der Waals surface area (Å²) in [5.74, 6) is -0.112. The molecule has 0 bridgehead atoms. The van der Waals surface area contributed by atoms with Gasteiger partial charge in [-0.25, -0.2) is 4.79 Å². The van der Waals surface area contributed by atoms with Crippen molar-refractivity contribution in [2.45, 2.75) is 13.0 Å². The summed E-state index contributed by atoms with van der Waals surface area (Å²) in [6, 6.07) is 12.7. The molecule has 0 aliphatic carbocycles. The number of nitrogens with one attached hydrogen (secondary N) is 2. The van der Waals surface area contributed by atoms with E-state index in [1.165, 1.54) is 12.1 Å². The van der Waals surface area contributed by atoms with E-state index in [2.05, 4.69) is 10.6 Å². The maximum Gasteiger partial charge on any atom is 0.336 e. The molecule has 0 saturated heterocycles. The smallest absolute Gasteiger partial charge is 0.336 e. The number of anilines is 1. The number of hydrogen-bond donors (Lipinski definition) is 2. The highest BCUT2D eigenvalue weighted by Crippen LogP contribution is 2.28. The van der Waals surface area contributed by atoms with Crippen LogP contribution in [0, 0.1) is 0 Å². The van der Waals surface area contributed by atoms with E-state index in [0.717, 1.165) is 0 Å². The lowest BCUT2D eigenvalue weighted by molar-refractivity contribution is -0.125. The molecule has 1 aromatic heterocycles. The van der Waals surface area contributed by atoms with E-state index in [4.69, 9.17) is 44.6 Å². The fourth-order valence-corrected chi connectivity index (χ4v) is 3.01. The lowest BCUT2D eigenvalue weighted by atomic mass is 10.2. The van der Waals surface area contributed by atoms with Crippen molar-refractivity contribution in [3.8, 4) is 5.75 Å². The Kier molecular flexibility index (Phi) is 6.18. The van der Waals surface area contributed by atoms with E-state index < -0.39 is 17.6 Å². The van der Waals surface area contributed by atoms with Gasteiger partial charge in [-0.15, -0.1) is 0 Å². The van der Waals surface area contributed by atoms with Gasteiger partial charge in [0.05, 0.1) is 5.02 Å². The first-order valence-corrected chi connectivity index (χ1v) is 9.26. The number of ether oxygens (including phenoxy) is 1. The normalized spacial score (nSPS) is 11.7. The minimum atomic E-state index is -0.843. The molecule has 0 fully saturated rings. The molecule has 0 spiro atoms. The molecule has 0 radical (unpaired) electrons. The highest BCUT2D eigenvalue weighted by molar-refractivity contribution is 7.80. The molecule has 9 heteroatoms. The minimum Gasteiger partial charge on any atom is -0.479 e. The maximum atomic E-state index is 12.3. The Bertz CT molecular complexity index is 1120. The Balaban J connectivity index is 1.61. The summed E-state index contributed by atoms with van der Waals surface area (Å²) in [5, 5.41) is 7.03. The maximum absolute atomic E-state index is 12.3. The number of thiocarbonyl (C=S) groups is 1. The molecule has 1 amide bonds. The van der Waals surface area contributed by atoms with Gasteiger partial charge in [0.15, 0.2) is 11.2 Å². The number of carbonyl (C=O) groups is 1. The van der Waals surface area contributed by atoms with Crippen LogP contribution in [-0.2, 0) is 4.79 Å². The molecule has 144 valence electrons. The minimum absolute atomic E-state index is 0.0967. The first-order chi connectivity index (χ1) is 13.3. The fourth-order valence-electron chi connectivity index (χ4n) is 2.34. The van der Waals surface area contributed by atoms with E-state index >= 15 is 0 Å². The summed E-state index contributed by atoms with van der Waals surface area (Å²) in [6.07, 6.45) is -0.843. The molecule has 2 aromatic carbocycles. The Labute approximate surface area is 175 Å². The average molecular weight is 437 g/mol. The number of rotatable bonds is 4. The topological polar surface area (TPSA) is 80.6 Å². The van der Waals surface area contributed by atoms with Gasteiger partial charge in [-0.3, -0.25) is 10.1 Å². The largest absolute Gasteiger partial charge is 0.479 e. The van der Waals surface area contributed by atoms with Crippen molar-refractivity contribution in [2.75, 3.05) is 5.32 Å². The second-order valence-corrected chi connectivity index (χ2v) is 7.04. The summed E-state index contributed by atoms with van der Waals surface area (Å²) in [7, 11) is 0. The van der Waals surface area contributed by atoms with E-state index in [-0.39, 0.29) is 5.11 Å². The number of fused-ring (bicyclic) bond motifs is 1. The lowest BCUT2D eigenvalue weighted by Crippen LogP contribution is -2.42. The first-order valence-electron chi connectivity index (χ1n) is 8.09. The molecule has 1 atom stereocenters. The van der Waals surface area contributed by atoms with Crippen LogP contribution >= 0.6 is 35.4 Å². The molecular formula is C19H14Cl2N2O4S. The monoisotopic (exact) mass is 436 g/mol. The molecule has 3 rings (SSSR count). The molecule has 6 nitrogen and oxygen atoms in total. The van der Waals surface area contributed by atoms with Crippen LogP contribution in [0.25, 0.3) is 11.0 Å². The van der Waals surface area contributed by atoms with Gasteiger partial charge in [-0.05, 0) is 61.6 Å². The summed E-state index contributed by atoms with van der Waals surface area (Å²) < 4.78 is 10.6. The second kappa shape index (κ2) is 8.60. The second-order valence-electron chi connectivity index (χ2n) is 5.79. The van der Waals surface area contributed by atoms with Gasteiger partial charge in [0.2, 0.25) is 0 Å². The van der Waals surface area contributed by atoms with E-state index in [1.54, 1.807) is 43.3 Å². The van der Waals surface area contributed by atoms with Crippen LogP contribution < -0.4 is 21.0 Å². The van der Waals surface area contributed by atoms with Gasteiger partial charge >= 0.3 is 5.63 Å². The third kappa shape index (κ3) is 5.01. The van der Waals surface area contributed by atoms with Crippen molar-refractivity contribution < 1.29 is 13.9 Å². The molecule has 0 aliphatic rings. The van der Waals surface area contributed by atoms with Crippen molar-refractivity contribution in [3.05, 3.63) is 69.0 Å². The standard InChI is InChI=1S/C19H14Cl2N2O4S/c1-10(26-16-5-3-12(20)9-14(16)21)18(25)23-19(28)22-13-4-6-15-11(8-13)2-7-17(24)27-15/h2-10H,1H3,(H2,22,23,25,28). The summed E-state index contributed by atoms with van der Waals surface area (Å²) in [6.45, 7) is 1.57. The van der Waals surface area contributed by atoms with Crippen molar-refractivity contribution in [1.29, 1.82) is 0 Å². The van der Waals surface area contributed by atoms with Crippen LogP contribution in [-0.4, -0.2) is 17.1 Å². The summed E-state index contributed by atoms with van der Waals surface area (Å²) in [5.41, 5.74) is 0.654. The number of halogens is 2. The van der Waals surface area contributed by atoms with Crippen LogP contribution in [0.2, 0.25) is 10.0 Å². The zero-order chi connectivity index (χ0) is 20.3. The predicted molar refractivity (Wildman–Crippen MR) is 113 cm³/mol. The predicted octanol–water partition coefficient (Wildman–Crippen LogP) is 4.38. The molecule has 28 heavy (non-hydrogen) atoms. The Hall–Kier alpha value is -2.61. The third-order valence-corrected chi connectivity index (χ3v) is 4.42. The van der Waals surface area contributed by atoms with Crippen LogP contribution in [0.15, 0.2) is 57.7 Å². The Morgan fingerprint density at radius 1 is 1.14 bits per heavy atom. The molecule has 0 aliphatic heterocycles. The van der Waals surface area contributed by atoms with Gasteiger partial charge in [0.1, 0.15) is 11.3 Å². The molecule has 3 aromatic rings. The van der Waals surface area contributed by atoms with Gasteiger partial charge in [-0.2, -0.15) is 0 Å². The van der Waals surface area contributed by atoms with Gasteiger partial charge < -0.3 is 14.5 Å². The Morgan fingerprint density at radius 3 is 2.68 bits per heavy atom. The van der Waals surface area contributed by atoms with Gasteiger partial charge in [0, 0.05) is 22.2 Å². The molecule has 0 saturated carbocycles. The number of carbonyl (C=O) groups excluding carboxylic acids is 1. The van der Waals surface area contributed by atoms with Crippen molar-refractivity contribution in [2.24, 2.45) is 0 Å². The zero-order valence-electron chi connectivity index (χ0n) is 14.5. The van der Waals surface area contributed by atoms with Crippen LogP contribution in [0.1, 0.15) is 6.92 Å². The number of hydrogen-bond acceptors (Lipinski definition) is 5. The van der Waals surface area contributed by atoms with Gasteiger partial charge in [-0.1, -0.05) is 23.2 Å². The average Bonchev–Trinajstić information content (AvgIpc) is 2.64. The molecule has 1 heterocycles. The van der Waals surface area contributed by atoms with Crippen LogP contribution in [0.5, 0.6) is 5.75 Å². The summed E-state index contributed by atoms with van der Waals surface area (Å²) >= 11 is 17.0. The molecule has 1 unspecified atom stereocenters. The molecular weight excluding hydrogens is 423 g/mol. The van der Waals surface area contributed by atoms with Gasteiger partial charge in [0.25, 0.3) is 5.91 Å². The van der Waals surface area contributed by atoms with E-state index in [1.807, 2.05) is 0 Å². The lowest BCUT2D eigenvalue weighted by Gasteiger charge is -2.16. The van der Waals surface area contributed by atoms with Crippen molar-refractivity contribution in [1.82, 2.24) is 5.32 Å². The highest BCUT2D eigenvalue weighted by Gasteiger charge is 2.17. The quantitative estimate of drug-likeness (QED) is 0.466. The van der Waals surface area contributed by atoms with E-state index in [9.17, 15) is 9.59 Å². The third-order valence-electron chi connectivity index (χ3n) is 3.68. The Morgan fingerprint density at radius 2 is 1.93 bits per heavy atom. The van der Waals surface area contributed by atoms with Crippen molar-refractivity contribution >= 4 is 63.1 Å². The highest BCUT2D eigenvalue weighted by atomic mass is 35.5. The van der Waals surface area contributed by atoms with E-state index in [0.29, 0.717) is 32.5 Å². The van der Waals surface area contributed by atoms with Crippen LogP contribution in [0.4, 0.5) is 5.69 Å². The first kappa shape index (κ1) is 20.1. The number of benzene rings is 2. The van der Waals surface area contributed by atoms with Crippen LogP contribution in [0.3, 0.4) is 0 Å². The fraction of sp³-hybridized carbons (Fsp3) is 0.105. The van der Waals surface area contributed by atoms with Crippen molar-refractivity contribution in [3.63, 3.8) is 0 Å². The zero-order valence-corrected chi connectivity index (χ0v) is 16.8.